The first-order valence-corrected chi connectivity index (χ1v) is 38.7. The molecule has 15 atom stereocenters. The average molecular weight is 1410 g/mol. The van der Waals surface area contributed by atoms with Gasteiger partial charge in [0.1, 0.15) is 97.0 Å². The molecule has 0 saturated carbocycles. The predicted molar refractivity (Wildman–Crippen MR) is 386 cm³/mol. The lowest BCUT2D eigenvalue weighted by Crippen LogP contribution is -2.69. The van der Waals surface area contributed by atoms with Crippen LogP contribution in [0, 0.1) is 0 Å². The summed E-state index contributed by atoms with van der Waals surface area (Å²) in [7, 11) is 1.53. The first-order chi connectivity index (χ1) is 49.8. The molecule has 8 aromatic rings. The van der Waals surface area contributed by atoms with Gasteiger partial charge in [0.2, 0.25) is 5.91 Å². The number of hydrogen-bond donors (Lipinski definition) is 2. The van der Waals surface area contributed by atoms with Gasteiger partial charge in [-0.1, -0.05) is 214 Å². The molecule has 0 aliphatic carbocycles. The Kier molecular flexibility index (Phi) is 28.6. The second-order valence-corrected chi connectivity index (χ2v) is 32.5. The lowest BCUT2D eigenvalue weighted by molar-refractivity contribution is -0.389. The van der Waals surface area contributed by atoms with Crippen molar-refractivity contribution < 1.29 is 85.7 Å². The van der Waals surface area contributed by atoms with E-state index in [1.165, 1.54) is 6.92 Å². The SMILES string of the molecule is COc1ccc(CO[C@H]2[C@H](O)[C@@H](COc3ccc(OC)cc3)O[C@@H](O[C@H]3[C@@H](OCc4ccccc4)[C@@H](COCc4ccccc4)O[C@@H](O[C@H]4[C@H](OCc5ccccc5)[C@@H](OCc5ccccc5)[C@H](OCC[Si](C)(C)C)O[C@@H]4COCc4ccccc4)[C@@H]3OCc3ccccc3)[C@@H]2NC(C)=O)cc1. The molecule has 2 N–H and O–H groups in total. The number of carbonyl (C=O) groups excluding carboxylic acids is 1. The second-order valence-electron chi connectivity index (χ2n) is 26.9. The van der Waals surface area contributed by atoms with Gasteiger partial charge >= 0.3 is 0 Å². The molecule has 3 aliphatic heterocycles. The van der Waals surface area contributed by atoms with Crippen molar-refractivity contribution in [3.63, 3.8) is 0 Å². The van der Waals surface area contributed by atoms with Crippen molar-refractivity contribution in [1.82, 2.24) is 5.32 Å². The maximum absolute atomic E-state index is 13.9. The molecule has 102 heavy (non-hydrogen) atoms. The number of carbonyl (C=O) groups is 1. The van der Waals surface area contributed by atoms with E-state index in [0.29, 0.717) is 23.9 Å². The fraction of sp³-hybridized carbons (Fsp3) is 0.402. The van der Waals surface area contributed by atoms with E-state index in [9.17, 15) is 9.90 Å². The molecule has 0 bridgehead atoms. The van der Waals surface area contributed by atoms with E-state index in [1.807, 2.05) is 206 Å². The van der Waals surface area contributed by atoms with Crippen LogP contribution in [0.4, 0.5) is 0 Å². The topological polar surface area (TPSA) is 197 Å². The highest BCUT2D eigenvalue weighted by atomic mass is 28.3. The van der Waals surface area contributed by atoms with E-state index in [0.717, 1.165) is 45.0 Å². The first kappa shape index (κ1) is 75.4. The molecule has 0 aromatic heterocycles. The normalized spacial score (nSPS) is 25.1. The Labute approximate surface area is 600 Å². The third-order valence-electron chi connectivity index (χ3n) is 17.9. The molecule has 0 spiro atoms. The maximum atomic E-state index is 13.9. The summed E-state index contributed by atoms with van der Waals surface area (Å²) in [6, 6.07) is 73.3. The number of benzene rings is 8. The first-order valence-electron chi connectivity index (χ1n) is 35.0. The van der Waals surface area contributed by atoms with Gasteiger partial charge in [-0.25, -0.2) is 0 Å². The number of aliphatic hydroxyl groups excluding tert-OH is 1. The van der Waals surface area contributed by atoms with Crippen LogP contribution in [0.15, 0.2) is 231 Å². The Morgan fingerprint density at radius 3 is 1.20 bits per heavy atom. The van der Waals surface area contributed by atoms with E-state index >= 15 is 0 Å². The number of aliphatic hydroxyl groups is 1. The van der Waals surface area contributed by atoms with E-state index in [-0.39, 0.29) is 66.1 Å². The van der Waals surface area contributed by atoms with E-state index in [1.54, 1.807) is 38.5 Å². The van der Waals surface area contributed by atoms with Crippen LogP contribution in [-0.4, -0.2) is 152 Å². The van der Waals surface area contributed by atoms with Gasteiger partial charge in [-0.2, -0.15) is 0 Å². The number of methoxy groups -OCH3 is 2. The zero-order valence-electron chi connectivity index (χ0n) is 59.0. The summed E-state index contributed by atoms with van der Waals surface area (Å²) < 4.78 is 111. The van der Waals surface area contributed by atoms with Gasteiger partial charge in [-0.15, -0.1) is 0 Å². The largest absolute Gasteiger partial charge is 0.497 e. The number of rotatable bonds is 37. The van der Waals surface area contributed by atoms with Gasteiger partial charge in [-0.3, -0.25) is 4.79 Å². The monoisotopic (exact) mass is 1410 g/mol. The standard InChI is InChI=1S/C82H97NO18Si/c1-57(84)83-71-75(93-53-64-37-39-65(86-2)40-38-64)72(85)68(56-91-67-43-41-66(87-3)42-44-67)97-80(71)101-77-73(92-49-60-29-17-9-18-30-60)69(54-88-47-58-25-13-7-14-26-58)99-82(79(77)96-52-63-35-23-12-24-36-63)100-74-70(55-89-48-59-27-15-8-16-28-59)98-81(90-45-46-102(4,5)6)78(95-51-62-33-21-11-22-34-62)76(74)94-50-61-31-19-10-20-32-61/h7-44,68-82,85H,45-56H2,1-6H3,(H,83,84)/t68-,69-,70-,71-,72-,73+,74-,75-,76+,77+,78-,79-,80+,81-,82+/m1/s1. The molecule has 8 aromatic carbocycles. The van der Waals surface area contributed by atoms with Crippen molar-refractivity contribution in [2.45, 2.75) is 171 Å². The summed E-state index contributed by atoms with van der Waals surface area (Å²) >= 11 is 0. The van der Waals surface area contributed by atoms with Gasteiger partial charge in [0.25, 0.3) is 0 Å². The van der Waals surface area contributed by atoms with Gasteiger partial charge in [0.05, 0.1) is 73.7 Å². The molecular formula is C82H97NO18Si. The summed E-state index contributed by atoms with van der Waals surface area (Å²) in [4.78, 5) is 13.9. The maximum Gasteiger partial charge on any atom is 0.217 e. The minimum absolute atomic E-state index is 0.00714. The molecule has 0 unspecified atom stereocenters. The number of hydrogen-bond acceptors (Lipinski definition) is 18. The summed E-state index contributed by atoms with van der Waals surface area (Å²) in [5.74, 6) is 1.32. The minimum Gasteiger partial charge on any atom is -0.497 e. The molecule has 11 rings (SSSR count). The van der Waals surface area contributed by atoms with Gasteiger partial charge in [0.15, 0.2) is 18.9 Å². The van der Waals surface area contributed by atoms with Crippen LogP contribution in [-0.2, 0) is 113 Å². The average Bonchev–Trinajstić information content (AvgIpc) is 0.765. The highest BCUT2D eigenvalue weighted by molar-refractivity contribution is 6.76. The third-order valence-corrected chi connectivity index (χ3v) is 19.7. The van der Waals surface area contributed by atoms with Gasteiger partial charge < -0.3 is 86.2 Å². The Hall–Kier alpha value is -7.71. The number of ether oxygens (including phenoxy) is 16. The van der Waals surface area contributed by atoms with Crippen LogP contribution in [0.25, 0.3) is 0 Å². The highest BCUT2D eigenvalue weighted by Crippen LogP contribution is 2.39. The highest BCUT2D eigenvalue weighted by Gasteiger charge is 2.57. The van der Waals surface area contributed by atoms with E-state index < -0.39 is 106 Å². The molecule has 3 aliphatic rings. The molecule has 20 heteroatoms. The van der Waals surface area contributed by atoms with E-state index in [2.05, 4.69) is 25.0 Å². The molecular weight excluding hydrogens is 1310 g/mol. The quantitative estimate of drug-likeness (QED) is 0.0348. The van der Waals surface area contributed by atoms with Crippen LogP contribution in [0.5, 0.6) is 17.2 Å². The smallest absolute Gasteiger partial charge is 0.217 e. The summed E-state index contributed by atoms with van der Waals surface area (Å²) in [5.41, 5.74) is 6.16. The van der Waals surface area contributed by atoms with Crippen molar-refractivity contribution in [2.75, 3.05) is 40.6 Å². The molecule has 3 saturated heterocycles. The van der Waals surface area contributed by atoms with Crippen LogP contribution in [0.3, 0.4) is 0 Å². The Morgan fingerprint density at radius 1 is 0.382 bits per heavy atom. The number of nitrogens with one attached hydrogen (secondary N) is 1. The lowest BCUT2D eigenvalue weighted by atomic mass is 9.94. The van der Waals surface area contributed by atoms with Crippen molar-refractivity contribution in [2.24, 2.45) is 0 Å². The molecule has 19 nitrogen and oxygen atoms in total. The number of amides is 1. The lowest BCUT2D eigenvalue weighted by Gasteiger charge is -2.51. The van der Waals surface area contributed by atoms with Crippen molar-refractivity contribution in [3.8, 4) is 17.2 Å². The molecule has 3 heterocycles. The zero-order chi connectivity index (χ0) is 70.9. The predicted octanol–water partition coefficient (Wildman–Crippen LogP) is 12.6. The molecule has 0 radical (unpaired) electrons. The van der Waals surface area contributed by atoms with Crippen molar-refractivity contribution in [1.29, 1.82) is 0 Å². The fourth-order valence-corrected chi connectivity index (χ4v) is 13.2. The minimum atomic E-state index is -1.65. The summed E-state index contributed by atoms with van der Waals surface area (Å²) in [6.45, 7) is 9.38. The second kappa shape index (κ2) is 38.7. The van der Waals surface area contributed by atoms with Gasteiger partial charge in [0, 0.05) is 21.6 Å². The summed E-state index contributed by atoms with van der Waals surface area (Å²) in [6.07, 6.45) is -15.9. The Bertz CT molecular complexity index is 3660. The molecule has 1 amide bonds. The fourth-order valence-electron chi connectivity index (χ4n) is 12.4. The van der Waals surface area contributed by atoms with Gasteiger partial charge in [-0.05, 0) is 81.4 Å². The third kappa shape index (κ3) is 22.4. The molecule has 542 valence electrons. The van der Waals surface area contributed by atoms with Crippen molar-refractivity contribution in [3.05, 3.63) is 269 Å². The zero-order valence-corrected chi connectivity index (χ0v) is 60.0. The summed E-state index contributed by atoms with van der Waals surface area (Å²) in [5, 5.41) is 15.8. The Morgan fingerprint density at radius 2 is 0.745 bits per heavy atom. The van der Waals surface area contributed by atoms with Crippen LogP contribution < -0.4 is 19.5 Å². The Balaban J connectivity index is 1.05. The van der Waals surface area contributed by atoms with E-state index in [4.69, 9.17) is 75.8 Å². The van der Waals surface area contributed by atoms with Crippen LogP contribution in [0.2, 0.25) is 25.7 Å². The molecule has 3 fully saturated rings. The van der Waals surface area contributed by atoms with Crippen LogP contribution >= 0.6 is 0 Å². The van der Waals surface area contributed by atoms with Crippen molar-refractivity contribution >= 4 is 14.0 Å². The van der Waals surface area contributed by atoms with Crippen LogP contribution in [0.1, 0.15) is 45.9 Å².